The quantitative estimate of drug-likeness (QED) is 0.666. The molecule has 0 bridgehead atoms. The van der Waals surface area contributed by atoms with E-state index < -0.39 is 0 Å². The molecule has 0 aliphatic carbocycles. The molecule has 3 aromatic rings. The highest BCUT2D eigenvalue weighted by Crippen LogP contribution is 2.33. The number of rotatable bonds is 1. The molecule has 0 atom stereocenters. The van der Waals surface area contributed by atoms with E-state index in [9.17, 15) is 4.79 Å². The van der Waals surface area contributed by atoms with Crippen LogP contribution in [-0.2, 0) is 13.6 Å². The number of halogens is 1. The van der Waals surface area contributed by atoms with Gasteiger partial charge in [0.15, 0.2) is 0 Å². The molecule has 0 spiro atoms. The van der Waals surface area contributed by atoms with Crippen molar-refractivity contribution in [2.24, 2.45) is 7.05 Å². The molecule has 0 saturated carbocycles. The van der Waals surface area contributed by atoms with Crippen LogP contribution in [0.15, 0.2) is 48.7 Å². The zero-order chi connectivity index (χ0) is 14.6. The predicted octanol–water partition coefficient (Wildman–Crippen LogP) is 3.99. The molecule has 1 aliphatic rings. The highest BCUT2D eigenvalue weighted by atomic mass is 35.5. The number of hydrogen-bond donors (Lipinski definition) is 0. The van der Waals surface area contributed by atoms with E-state index >= 15 is 0 Å². The van der Waals surface area contributed by atoms with Crippen molar-refractivity contribution in [2.45, 2.75) is 6.54 Å². The van der Waals surface area contributed by atoms with Crippen LogP contribution in [-0.4, -0.2) is 10.5 Å². The molecular formula is C17H13ClN2O. The number of benzene rings is 2. The summed E-state index contributed by atoms with van der Waals surface area (Å²) in [6, 6.07) is 13.6. The van der Waals surface area contributed by atoms with Gasteiger partial charge in [0.2, 0.25) is 0 Å². The first-order chi connectivity index (χ1) is 10.1. The van der Waals surface area contributed by atoms with Crippen molar-refractivity contribution in [3.63, 3.8) is 0 Å². The molecule has 1 aromatic heterocycles. The summed E-state index contributed by atoms with van der Waals surface area (Å²) in [5, 5.41) is 1.79. The molecule has 3 nitrogen and oxygen atoms in total. The van der Waals surface area contributed by atoms with Crippen molar-refractivity contribution in [2.75, 3.05) is 4.90 Å². The Morgan fingerprint density at radius 1 is 1.14 bits per heavy atom. The van der Waals surface area contributed by atoms with Gasteiger partial charge in [0.25, 0.3) is 5.91 Å². The number of carbonyl (C=O) groups excluding carboxylic acids is 1. The van der Waals surface area contributed by atoms with Crippen molar-refractivity contribution in [3.05, 3.63) is 64.8 Å². The monoisotopic (exact) mass is 296 g/mol. The van der Waals surface area contributed by atoms with Crippen LogP contribution in [0.2, 0.25) is 5.02 Å². The van der Waals surface area contributed by atoms with Crippen LogP contribution in [0.5, 0.6) is 0 Å². The lowest BCUT2D eigenvalue weighted by molar-refractivity contribution is 0.0996. The summed E-state index contributed by atoms with van der Waals surface area (Å²) in [6.07, 6.45) is 2.02. The summed E-state index contributed by atoms with van der Waals surface area (Å²) >= 11 is 6.20. The van der Waals surface area contributed by atoms with Crippen LogP contribution in [0, 0.1) is 0 Å². The molecular weight excluding hydrogens is 284 g/mol. The van der Waals surface area contributed by atoms with Crippen LogP contribution < -0.4 is 4.90 Å². The molecule has 0 fully saturated rings. The largest absolute Gasteiger partial charge is 0.351 e. The van der Waals surface area contributed by atoms with E-state index in [-0.39, 0.29) is 5.91 Å². The Labute approximate surface area is 127 Å². The lowest BCUT2D eigenvalue weighted by Crippen LogP contribution is -2.22. The van der Waals surface area contributed by atoms with Gasteiger partial charge in [-0.1, -0.05) is 17.7 Å². The highest BCUT2D eigenvalue weighted by molar-refractivity contribution is 6.32. The smallest absolute Gasteiger partial charge is 0.258 e. The van der Waals surface area contributed by atoms with Crippen LogP contribution in [0.3, 0.4) is 0 Å². The molecule has 2 aromatic carbocycles. The van der Waals surface area contributed by atoms with Crippen molar-refractivity contribution in [1.29, 1.82) is 0 Å². The Morgan fingerprint density at radius 3 is 2.81 bits per heavy atom. The molecule has 21 heavy (non-hydrogen) atoms. The Balaban J connectivity index is 1.80. The third kappa shape index (κ3) is 1.78. The molecule has 4 heteroatoms. The number of hydrogen-bond acceptors (Lipinski definition) is 1. The first-order valence-corrected chi connectivity index (χ1v) is 7.17. The second kappa shape index (κ2) is 4.37. The minimum atomic E-state index is 0.0165. The van der Waals surface area contributed by atoms with E-state index in [0.717, 1.165) is 22.2 Å². The van der Waals surface area contributed by atoms with Gasteiger partial charge in [0.05, 0.1) is 6.54 Å². The van der Waals surface area contributed by atoms with Gasteiger partial charge in [-0.3, -0.25) is 4.79 Å². The summed E-state index contributed by atoms with van der Waals surface area (Å²) in [5.74, 6) is 0.0165. The SMILES string of the molecule is Cn1ccc2cc(N3Cc4c(Cl)cccc4C3=O)ccc21. The van der Waals surface area contributed by atoms with Gasteiger partial charge in [-0.15, -0.1) is 0 Å². The third-order valence-corrected chi connectivity index (χ3v) is 4.45. The Hall–Kier alpha value is -2.26. The summed E-state index contributed by atoms with van der Waals surface area (Å²) < 4.78 is 2.07. The summed E-state index contributed by atoms with van der Waals surface area (Å²) in [5.41, 5.74) is 3.68. The maximum absolute atomic E-state index is 12.6. The van der Waals surface area contributed by atoms with Gasteiger partial charge in [-0.25, -0.2) is 0 Å². The first kappa shape index (κ1) is 12.5. The van der Waals surface area contributed by atoms with Crippen LogP contribution >= 0.6 is 11.6 Å². The molecule has 0 N–H and O–H groups in total. The Kier molecular flexibility index (Phi) is 2.59. The van der Waals surface area contributed by atoms with Gasteiger partial charge in [-0.05, 0) is 36.4 Å². The fraction of sp³-hybridized carbons (Fsp3) is 0.118. The number of amides is 1. The molecule has 1 amide bonds. The van der Waals surface area contributed by atoms with E-state index in [1.807, 2.05) is 49.6 Å². The minimum absolute atomic E-state index is 0.0165. The number of nitrogens with zero attached hydrogens (tertiary/aromatic N) is 2. The van der Waals surface area contributed by atoms with Crippen molar-refractivity contribution >= 4 is 34.1 Å². The van der Waals surface area contributed by atoms with Gasteiger partial charge >= 0.3 is 0 Å². The molecule has 0 radical (unpaired) electrons. The van der Waals surface area contributed by atoms with E-state index in [1.165, 1.54) is 0 Å². The summed E-state index contributed by atoms with van der Waals surface area (Å²) in [4.78, 5) is 14.3. The normalized spacial score (nSPS) is 14.0. The average Bonchev–Trinajstić information content (AvgIpc) is 3.02. The zero-order valence-electron chi connectivity index (χ0n) is 11.5. The van der Waals surface area contributed by atoms with Crippen LogP contribution in [0.4, 0.5) is 5.69 Å². The maximum atomic E-state index is 12.6. The lowest BCUT2D eigenvalue weighted by atomic mass is 10.1. The van der Waals surface area contributed by atoms with Gasteiger partial charge in [0, 0.05) is 46.0 Å². The van der Waals surface area contributed by atoms with Gasteiger partial charge in [-0.2, -0.15) is 0 Å². The second-order valence-electron chi connectivity index (χ2n) is 5.33. The molecule has 104 valence electrons. The summed E-state index contributed by atoms with van der Waals surface area (Å²) in [7, 11) is 2.01. The number of anilines is 1. The molecule has 0 saturated heterocycles. The van der Waals surface area contributed by atoms with Gasteiger partial charge < -0.3 is 9.47 Å². The van der Waals surface area contributed by atoms with Crippen molar-refractivity contribution in [3.8, 4) is 0 Å². The maximum Gasteiger partial charge on any atom is 0.258 e. The minimum Gasteiger partial charge on any atom is -0.351 e. The molecule has 1 aliphatic heterocycles. The van der Waals surface area contributed by atoms with Crippen molar-refractivity contribution < 1.29 is 4.79 Å². The summed E-state index contributed by atoms with van der Waals surface area (Å²) in [6.45, 7) is 0.534. The van der Waals surface area contributed by atoms with E-state index in [0.29, 0.717) is 17.1 Å². The van der Waals surface area contributed by atoms with Crippen LogP contribution in [0.1, 0.15) is 15.9 Å². The van der Waals surface area contributed by atoms with E-state index in [4.69, 9.17) is 11.6 Å². The fourth-order valence-corrected chi connectivity index (χ4v) is 3.17. The standard InChI is InChI=1S/C17H13ClN2O/c1-19-8-7-11-9-12(5-6-16(11)19)20-10-14-13(17(20)21)3-2-4-15(14)18/h2-9H,10H2,1H3. The topological polar surface area (TPSA) is 25.2 Å². The van der Waals surface area contributed by atoms with Crippen molar-refractivity contribution in [1.82, 2.24) is 4.57 Å². The number of carbonyl (C=O) groups is 1. The number of aryl methyl sites for hydroxylation is 1. The molecule has 0 unspecified atom stereocenters. The third-order valence-electron chi connectivity index (χ3n) is 4.09. The van der Waals surface area contributed by atoms with Crippen LogP contribution in [0.25, 0.3) is 10.9 Å². The zero-order valence-corrected chi connectivity index (χ0v) is 12.3. The number of aromatic nitrogens is 1. The van der Waals surface area contributed by atoms with E-state index in [2.05, 4.69) is 10.6 Å². The average molecular weight is 297 g/mol. The Bertz CT molecular complexity index is 882. The predicted molar refractivity (Wildman–Crippen MR) is 84.9 cm³/mol. The fourth-order valence-electron chi connectivity index (χ4n) is 2.94. The molecule has 2 heterocycles. The lowest BCUT2D eigenvalue weighted by Gasteiger charge is -2.16. The highest BCUT2D eigenvalue weighted by Gasteiger charge is 2.30. The Morgan fingerprint density at radius 2 is 2.00 bits per heavy atom. The number of fused-ring (bicyclic) bond motifs is 2. The van der Waals surface area contributed by atoms with Gasteiger partial charge in [0.1, 0.15) is 0 Å². The second-order valence-corrected chi connectivity index (χ2v) is 5.73. The first-order valence-electron chi connectivity index (χ1n) is 6.79. The molecule has 4 rings (SSSR count). The van der Waals surface area contributed by atoms with E-state index in [1.54, 1.807) is 4.90 Å².